The molecule has 0 amide bonds. The predicted molar refractivity (Wildman–Crippen MR) is 66.7 cm³/mol. The minimum atomic E-state index is -4.27. The van der Waals surface area contributed by atoms with E-state index in [-0.39, 0.29) is 0 Å². The van der Waals surface area contributed by atoms with E-state index in [9.17, 15) is 13.2 Å². The molecule has 0 aliphatic heterocycles. The van der Waals surface area contributed by atoms with E-state index < -0.39 is 11.7 Å². The highest BCUT2D eigenvalue weighted by Gasteiger charge is 2.34. The number of hydrogen-bond acceptors (Lipinski definition) is 2. The van der Waals surface area contributed by atoms with Crippen molar-refractivity contribution in [1.29, 1.82) is 0 Å². The molecule has 0 saturated heterocycles. The molecule has 92 valence electrons. The lowest BCUT2D eigenvalue weighted by Crippen LogP contribution is -2.04. The summed E-state index contributed by atoms with van der Waals surface area (Å²) in [6.07, 6.45) is -4.27. The monoisotopic (exact) mass is 276 g/mol. The van der Waals surface area contributed by atoms with Crippen molar-refractivity contribution < 1.29 is 13.2 Å². The SMILES string of the molecule is CC(C)c1ccc(-c2cscc2C(F)(F)F)s1. The Labute approximate surface area is 106 Å². The second-order valence-electron chi connectivity index (χ2n) is 4.05. The Balaban J connectivity index is 2.43. The standard InChI is InChI=1S/C12H11F3S2/c1-7(2)10-3-4-11(17-10)8-5-16-6-9(8)12(13,14)15/h3-7H,1-2H3. The van der Waals surface area contributed by atoms with Crippen LogP contribution in [0.25, 0.3) is 10.4 Å². The molecule has 0 nitrogen and oxygen atoms in total. The summed E-state index contributed by atoms with van der Waals surface area (Å²) in [5.41, 5.74) is -0.223. The molecule has 2 aromatic rings. The maximum atomic E-state index is 12.7. The molecule has 0 spiro atoms. The van der Waals surface area contributed by atoms with Crippen molar-refractivity contribution in [2.45, 2.75) is 25.9 Å². The average molecular weight is 276 g/mol. The first-order valence-electron chi connectivity index (χ1n) is 5.13. The van der Waals surface area contributed by atoms with Gasteiger partial charge in [0.1, 0.15) is 0 Å². The van der Waals surface area contributed by atoms with Gasteiger partial charge in [0.25, 0.3) is 0 Å². The molecular formula is C12H11F3S2. The largest absolute Gasteiger partial charge is 0.417 e. The van der Waals surface area contributed by atoms with E-state index in [4.69, 9.17) is 0 Å². The summed E-state index contributed by atoms with van der Waals surface area (Å²) in [5.74, 6) is 0.349. The van der Waals surface area contributed by atoms with Gasteiger partial charge in [0.05, 0.1) is 5.56 Å². The van der Waals surface area contributed by atoms with Crippen LogP contribution in [-0.4, -0.2) is 0 Å². The Morgan fingerprint density at radius 1 is 1.12 bits per heavy atom. The van der Waals surface area contributed by atoms with Gasteiger partial charge in [-0.2, -0.15) is 24.5 Å². The Hall–Kier alpha value is -0.810. The summed E-state index contributed by atoms with van der Waals surface area (Å²) in [7, 11) is 0. The number of rotatable bonds is 2. The normalized spacial score (nSPS) is 12.4. The van der Waals surface area contributed by atoms with E-state index in [1.165, 1.54) is 16.7 Å². The van der Waals surface area contributed by atoms with Crippen molar-refractivity contribution in [2.24, 2.45) is 0 Å². The van der Waals surface area contributed by atoms with Gasteiger partial charge < -0.3 is 0 Å². The van der Waals surface area contributed by atoms with Crippen LogP contribution in [0.3, 0.4) is 0 Å². The summed E-state index contributed by atoms with van der Waals surface area (Å²) in [5, 5.41) is 2.74. The van der Waals surface area contributed by atoms with Crippen molar-refractivity contribution in [2.75, 3.05) is 0 Å². The van der Waals surface area contributed by atoms with Crippen LogP contribution in [0, 0.1) is 0 Å². The fourth-order valence-electron chi connectivity index (χ4n) is 1.52. The second-order valence-corrected chi connectivity index (χ2v) is 5.91. The smallest absolute Gasteiger partial charge is 0.166 e. The minimum Gasteiger partial charge on any atom is -0.166 e. The molecule has 0 aliphatic carbocycles. The fourth-order valence-corrected chi connectivity index (χ4v) is 3.49. The van der Waals surface area contributed by atoms with E-state index in [1.807, 2.05) is 19.9 Å². The van der Waals surface area contributed by atoms with Gasteiger partial charge in [-0.25, -0.2) is 0 Å². The first kappa shape index (κ1) is 12.6. The molecule has 0 N–H and O–H groups in total. The van der Waals surface area contributed by atoms with E-state index in [2.05, 4.69) is 0 Å². The van der Waals surface area contributed by atoms with Gasteiger partial charge in [0.15, 0.2) is 0 Å². The molecule has 2 rings (SSSR count). The highest BCUT2D eigenvalue weighted by atomic mass is 32.1. The maximum absolute atomic E-state index is 12.7. The Morgan fingerprint density at radius 3 is 2.35 bits per heavy atom. The molecular weight excluding hydrogens is 265 g/mol. The van der Waals surface area contributed by atoms with Gasteiger partial charge in [-0.3, -0.25) is 0 Å². The molecule has 5 heteroatoms. The molecule has 0 radical (unpaired) electrons. The Morgan fingerprint density at radius 2 is 1.82 bits per heavy atom. The molecule has 0 saturated carbocycles. The van der Waals surface area contributed by atoms with Crippen LogP contribution in [0.1, 0.15) is 30.2 Å². The van der Waals surface area contributed by atoms with Gasteiger partial charge in [0, 0.05) is 20.7 Å². The van der Waals surface area contributed by atoms with Gasteiger partial charge in [-0.15, -0.1) is 11.3 Å². The summed E-state index contributed by atoms with van der Waals surface area (Å²) in [6, 6.07) is 3.68. The van der Waals surface area contributed by atoms with Crippen molar-refractivity contribution in [3.8, 4) is 10.4 Å². The second kappa shape index (κ2) is 4.46. The van der Waals surface area contributed by atoms with Crippen LogP contribution < -0.4 is 0 Å². The van der Waals surface area contributed by atoms with Crippen LogP contribution in [-0.2, 0) is 6.18 Å². The third-order valence-corrected chi connectivity index (χ3v) is 4.59. The van der Waals surface area contributed by atoms with Crippen LogP contribution in [0.2, 0.25) is 0 Å². The van der Waals surface area contributed by atoms with Gasteiger partial charge in [-0.05, 0) is 23.4 Å². The highest BCUT2D eigenvalue weighted by molar-refractivity contribution is 7.16. The molecule has 0 aromatic carbocycles. The molecule has 17 heavy (non-hydrogen) atoms. The third kappa shape index (κ3) is 2.55. The maximum Gasteiger partial charge on any atom is 0.417 e. The summed E-state index contributed by atoms with van der Waals surface area (Å²) in [6.45, 7) is 4.07. The molecule has 2 heterocycles. The molecule has 0 bridgehead atoms. The van der Waals surface area contributed by atoms with Crippen molar-refractivity contribution in [3.05, 3.63) is 33.3 Å². The molecule has 0 fully saturated rings. The summed E-state index contributed by atoms with van der Waals surface area (Å²) in [4.78, 5) is 1.81. The molecule has 2 aromatic heterocycles. The third-order valence-electron chi connectivity index (χ3n) is 2.43. The number of hydrogen-bond donors (Lipinski definition) is 0. The van der Waals surface area contributed by atoms with Gasteiger partial charge in [0.2, 0.25) is 0 Å². The van der Waals surface area contributed by atoms with Crippen molar-refractivity contribution in [1.82, 2.24) is 0 Å². The number of thiophene rings is 2. The zero-order valence-corrected chi connectivity index (χ0v) is 11.0. The topological polar surface area (TPSA) is 0 Å². The number of alkyl halides is 3. The molecule has 0 atom stereocenters. The van der Waals surface area contributed by atoms with Crippen LogP contribution in [0.15, 0.2) is 22.9 Å². The van der Waals surface area contributed by atoms with E-state index in [1.54, 1.807) is 11.4 Å². The lowest BCUT2D eigenvalue weighted by Gasteiger charge is -2.06. The van der Waals surface area contributed by atoms with Crippen molar-refractivity contribution in [3.63, 3.8) is 0 Å². The van der Waals surface area contributed by atoms with Gasteiger partial charge in [-0.1, -0.05) is 13.8 Å². The Bertz CT molecular complexity index is 506. The molecule has 0 unspecified atom stereocenters. The van der Waals surface area contributed by atoms with Gasteiger partial charge >= 0.3 is 6.18 Å². The predicted octanol–water partition coefficient (Wildman–Crippen LogP) is 5.62. The minimum absolute atomic E-state index is 0.305. The van der Waals surface area contributed by atoms with E-state index in [0.29, 0.717) is 16.4 Å². The zero-order valence-electron chi connectivity index (χ0n) is 9.34. The lowest BCUT2D eigenvalue weighted by molar-refractivity contribution is -0.136. The zero-order chi connectivity index (χ0) is 12.6. The quantitative estimate of drug-likeness (QED) is 0.668. The van der Waals surface area contributed by atoms with E-state index >= 15 is 0 Å². The Kier molecular flexibility index (Phi) is 3.32. The highest BCUT2D eigenvalue weighted by Crippen LogP contribution is 2.42. The molecule has 0 aliphatic rings. The van der Waals surface area contributed by atoms with E-state index in [0.717, 1.165) is 16.2 Å². The van der Waals surface area contributed by atoms with Crippen molar-refractivity contribution >= 4 is 22.7 Å². The summed E-state index contributed by atoms with van der Waals surface area (Å²) < 4.78 is 38.2. The first-order chi connectivity index (χ1) is 7.89. The number of halogens is 3. The van der Waals surface area contributed by atoms with Crippen LogP contribution >= 0.6 is 22.7 Å². The summed E-state index contributed by atoms with van der Waals surface area (Å²) >= 11 is 2.53. The average Bonchev–Trinajstić information content (AvgIpc) is 2.85. The fraction of sp³-hybridized carbons (Fsp3) is 0.333. The lowest BCUT2D eigenvalue weighted by atomic mass is 10.1. The first-order valence-corrected chi connectivity index (χ1v) is 6.89. The van der Waals surface area contributed by atoms with Crippen LogP contribution in [0.5, 0.6) is 0 Å². The van der Waals surface area contributed by atoms with Crippen LogP contribution in [0.4, 0.5) is 13.2 Å².